The Morgan fingerprint density at radius 1 is 1.60 bits per heavy atom. The molecule has 0 bridgehead atoms. The zero-order chi connectivity index (χ0) is 2.71. The number of hydrogen-bond acceptors (Lipinski definition) is 1. The molecule has 3 heteroatoms. The van der Waals surface area contributed by atoms with Crippen LogP contribution in [0.15, 0.2) is 0 Å². The van der Waals surface area contributed by atoms with Crippen LogP contribution in [0, 0.1) is 0 Å². The van der Waals surface area contributed by atoms with Crippen molar-refractivity contribution in [1.29, 1.82) is 0 Å². The Morgan fingerprint density at radius 2 is 1.60 bits per heavy atom. The normalized spacial score (nSPS) is 2.40. The molecule has 0 aromatic heterocycles. The van der Waals surface area contributed by atoms with E-state index in [0.29, 0.717) is 6.47 Å². The summed E-state index contributed by atoms with van der Waals surface area (Å²) >= 11 is 0. The molecule has 36 valence electrons. The second-order valence-corrected chi connectivity index (χ2v) is 0.0913. The molecular formula is C2H5CuO2. The van der Waals surface area contributed by atoms with Crippen LogP contribution >= 0.6 is 0 Å². The minimum Gasteiger partial charge on any atom is -0.665 e. The molecule has 2 nitrogen and oxygen atoms in total. The summed E-state index contributed by atoms with van der Waals surface area (Å²) < 4.78 is 0. The number of aliphatic hydroxyl groups excluding tert-OH is 1. The van der Waals surface area contributed by atoms with Gasteiger partial charge in [0.15, 0.2) is 0 Å². The van der Waals surface area contributed by atoms with Crippen LogP contribution in [0.4, 0.5) is 0 Å². The van der Waals surface area contributed by atoms with Crippen LogP contribution in [-0.2, 0) is 21.9 Å². The fourth-order valence-corrected chi connectivity index (χ4v) is 0. The van der Waals surface area contributed by atoms with E-state index in [1.54, 1.807) is 0 Å². The van der Waals surface area contributed by atoms with Crippen molar-refractivity contribution in [2.45, 2.75) is 7.43 Å². The molecule has 0 rings (SSSR count). The van der Waals surface area contributed by atoms with E-state index in [9.17, 15) is 0 Å². The van der Waals surface area contributed by atoms with Crippen LogP contribution in [-0.4, -0.2) is 11.6 Å². The van der Waals surface area contributed by atoms with E-state index in [1.165, 1.54) is 0 Å². The molecule has 5 heavy (non-hydrogen) atoms. The monoisotopic (exact) mass is 124 g/mol. The molecule has 0 saturated carbocycles. The third kappa shape index (κ3) is 143000. The molecule has 0 aromatic rings. The second kappa shape index (κ2) is 36.4. The maximum absolute atomic E-state index is 8.24. The molecule has 0 saturated heterocycles. The van der Waals surface area contributed by atoms with Gasteiger partial charge in [0.1, 0.15) is 0 Å². The summed E-state index contributed by atoms with van der Waals surface area (Å²) in [5, 5.41) is 6.76. The molecule has 0 amide bonds. The van der Waals surface area contributed by atoms with E-state index < -0.39 is 0 Å². The van der Waals surface area contributed by atoms with Crippen molar-refractivity contribution in [2.24, 2.45) is 0 Å². The standard InChI is InChI=1S/CHO2.CH4.Cu/c2-1-3;;/h(H,2,3);1H4;/q-1;;+1. The molecular weight excluding hydrogens is 120 g/mol. The van der Waals surface area contributed by atoms with Gasteiger partial charge in [0.25, 0.3) is 0 Å². The summed E-state index contributed by atoms with van der Waals surface area (Å²) in [6.45, 7) is 0.500. The fourth-order valence-electron chi connectivity index (χ4n) is 0. The quantitative estimate of drug-likeness (QED) is 0.371. The second-order valence-electron chi connectivity index (χ2n) is 0.0913. The molecule has 0 aliphatic heterocycles. The van der Waals surface area contributed by atoms with Gasteiger partial charge >= 0.3 is 17.1 Å². The minimum absolute atomic E-state index is 0. The average Bonchev–Trinajstić information content (AvgIpc) is 0.918. The molecule has 0 heterocycles. The van der Waals surface area contributed by atoms with Crippen molar-refractivity contribution in [1.82, 2.24) is 0 Å². The predicted octanol–water partition coefficient (Wildman–Crippen LogP) is 0.245. The molecule has 0 radical (unpaired) electrons. The van der Waals surface area contributed by atoms with Crippen molar-refractivity contribution >= 4 is 6.47 Å². The van der Waals surface area contributed by atoms with Gasteiger partial charge < -0.3 is 9.90 Å². The SMILES string of the molecule is C.O=[C-]O.[Cu+]. The Hall–Kier alpha value is -0.0105. The Morgan fingerprint density at radius 3 is 1.60 bits per heavy atom. The van der Waals surface area contributed by atoms with Gasteiger partial charge in [0, 0.05) is 0 Å². The largest absolute Gasteiger partial charge is 1.00 e. The maximum atomic E-state index is 8.24. The van der Waals surface area contributed by atoms with Crippen LogP contribution in [0.2, 0.25) is 0 Å². The fraction of sp³-hybridized carbons (Fsp3) is 0.500. The van der Waals surface area contributed by atoms with Gasteiger partial charge in [-0.2, -0.15) is 0 Å². The molecule has 0 aromatic carbocycles. The van der Waals surface area contributed by atoms with E-state index in [2.05, 4.69) is 0 Å². The molecule has 0 unspecified atom stereocenters. The van der Waals surface area contributed by atoms with Gasteiger partial charge in [0.05, 0.1) is 0 Å². The summed E-state index contributed by atoms with van der Waals surface area (Å²) in [5.41, 5.74) is 0. The summed E-state index contributed by atoms with van der Waals surface area (Å²) in [6.07, 6.45) is 0. The Labute approximate surface area is 41.7 Å². The first-order valence-electron chi connectivity index (χ1n) is 0.428. The Bertz CT molecular complexity index is 15.1. The van der Waals surface area contributed by atoms with E-state index in [1.807, 2.05) is 0 Å². The van der Waals surface area contributed by atoms with Crippen LogP contribution in [0.25, 0.3) is 0 Å². The molecule has 1 N–H and O–H groups in total. The zero-order valence-corrected chi connectivity index (χ0v) is 2.60. The summed E-state index contributed by atoms with van der Waals surface area (Å²) in [7, 11) is 0. The average molecular weight is 125 g/mol. The van der Waals surface area contributed by atoms with Crippen LogP contribution in [0.1, 0.15) is 7.43 Å². The van der Waals surface area contributed by atoms with Gasteiger partial charge in [-0.3, -0.25) is 0 Å². The maximum Gasteiger partial charge on any atom is 1.00 e. The van der Waals surface area contributed by atoms with Gasteiger partial charge in [-0.05, 0) is 0 Å². The number of hydrogen-bond donors (Lipinski definition) is 1. The molecule has 0 spiro atoms. The number of rotatable bonds is 0. The first kappa shape index (κ1) is 20.1. The first-order valence-corrected chi connectivity index (χ1v) is 0.428. The van der Waals surface area contributed by atoms with E-state index in [0.717, 1.165) is 0 Å². The topological polar surface area (TPSA) is 37.3 Å². The molecule has 0 fully saturated rings. The third-order valence-corrected chi connectivity index (χ3v) is 0. The smallest absolute Gasteiger partial charge is 0.665 e. The molecule has 0 aliphatic carbocycles. The third-order valence-electron chi connectivity index (χ3n) is 0. The van der Waals surface area contributed by atoms with Crippen LogP contribution in [0.5, 0.6) is 0 Å². The van der Waals surface area contributed by atoms with Crippen molar-refractivity contribution in [3.8, 4) is 0 Å². The molecule has 0 atom stereocenters. The van der Waals surface area contributed by atoms with Gasteiger partial charge in [-0.15, -0.1) is 0 Å². The van der Waals surface area contributed by atoms with Crippen LogP contribution < -0.4 is 0 Å². The van der Waals surface area contributed by atoms with Gasteiger partial charge in [-0.25, -0.2) is 0 Å². The van der Waals surface area contributed by atoms with Crippen LogP contribution in [0.3, 0.4) is 0 Å². The van der Waals surface area contributed by atoms with Crippen molar-refractivity contribution in [3.05, 3.63) is 0 Å². The first-order chi connectivity index (χ1) is 1.41. The van der Waals surface area contributed by atoms with E-state index in [-0.39, 0.29) is 24.5 Å². The van der Waals surface area contributed by atoms with Gasteiger partial charge in [0.2, 0.25) is 0 Å². The predicted molar refractivity (Wildman–Crippen MR) is 15.1 cm³/mol. The summed E-state index contributed by atoms with van der Waals surface area (Å²) in [6, 6.07) is 0. The summed E-state index contributed by atoms with van der Waals surface area (Å²) in [4.78, 5) is 8.24. The summed E-state index contributed by atoms with van der Waals surface area (Å²) in [5.74, 6) is 0. The van der Waals surface area contributed by atoms with Crippen molar-refractivity contribution in [2.75, 3.05) is 0 Å². The van der Waals surface area contributed by atoms with Crippen molar-refractivity contribution < 1.29 is 27.0 Å². The van der Waals surface area contributed by atoms with Gasteiger partial charge in [-0.1, -0.05) is 13.9 Å². The minimum atomic E-state index is 0. The Kier molecular flexibility index (Phi) is 146. The Balaban J connectivity index is -0.0000000200. The van der Waals surface area contributed by atoms with E-state index in [4.69, 9.17) is 9.90 Å². The molecule has 0 aliphatic rings. The van der Waals surface area contributed by atoms with Crippen molar-refractivity contribution in [3.63, 3.8) is 0 Å². The van der Waals surface area contributed by atoms with E-state index >= 15 is 0 Å². The zero-order valence-electron chi connectivity index (χ0n) is 1.66.